The molecule has 6 nitrogen and oxygen atoms in total. The minimum atomic E-state index is -1.03. The van der Waals surface area contributed by atoms with Gasteiger partial charge in [0.25, 0.3) is 0 Å². The average Bonchev–Trinajstić information content (AvgIpc) is 2.84. The van der Waals surface area contributed by atoms with Crippen LogP contribution in [0.5, 0.6) is 0 Å². The van der Waals surface area contributed by atoms with Crippen LogP contribution in [0.25, 0.3) is 0 Å². The van der Waals surface area contributed by atoms with Crippen molar-refractivity contribution in [3.63, 3.8) is 0 Å². The third-order valence-electron chi connectivity index (χ3n) is 8.97. The summed E-state index contributed by atoms with van der Waals surface area (Å²) in [5.74, 6) is -0.600. The van der Waals surface area contributed by atoms with Gasteiger partial charge in [0, 0.05) is 30.7 Å². The molecule has 4 N–H and O–H groups in total. The summed E-state index contributed by atoms with van der Waals surface area (Å²) in [6.07, 6.45) is 8.07. The number of aromatic nitrogens is 1. The van der Waals surface area contributed by atoms with Gasteiger partial charge in [-0.2, -0.15) is 0 Å². The molecule has 4 saturated carbocycles. The van der Waals surface area contributed by atoms with Gasteiger partial charge in [0.15, 0.2) is 11.6 Å². The Morgan fingerprint density at radius 2 is 1.75 bits per heavy atom. The Morgan fingerprint density at radius 1 is 1.08 bits per heavy atom. The molecule has 3 unspecified atom stereocenters. The van der Waals surface area contributed by atoms with Gasteiger partial charge in [-0.1, -0.05) is 6.07 Å². The number of pyridine rings is 1. The van der Waals surface area contributed by atoms with Crippen LogP contribution in [-0.2, 0) is 15.0 Å². The van der Waals surface area contributed by atoms with E-state index in [0.717, 1.165) is 49.9 Å². The van der Waals surface area contributed by atoms with Gasteiger partial charge in [-0.15, -0.1) is 0 Å². The van der Waals surface area contributed by atoms with E-state index >= 15 is 0 Å². The molecule has 8 heteroatoms. The summed E-state index contributed by atoms with van der Waals surface area (Å²) in [7, 11) is 0. The summed E-state index contributed by atoms with van der Waals surface area (Å²) in [6.45, 7) is 3.69. The lowest BCUT2D eigenvalue weighted by atomic mass is 9.45. The summed E-state index contributed by atoms with van der Waals surface area (Å²) >= 11 is 0. The van der Waals surface area contributed by atoms with E-state index in [1.807, 2.05) is 12.1 Å². The first-order valence-corrected chi connectivity index (χ1v) is 12.8. The molecule has 0 radical (unpaired) electrons. The Bertz CT molecular complexity index is 1140. The molecule has 0 saturated heterocycles. The van der Waals surface area contributed by atoms with Crippen LogP contribution < -0.4 is 16.4 Å². The third-order valence-corrected chi connectivity index (χ3v) is 8.97. The summed E-state index contributed by atoms with van der Waals surface area (Å²) in [6, 6.07) is 6.93. The standard InChI is InChI=1S/C28H34F2N4O2/c1-27(2,19-3-4-21(29)22(30)11-19)25(35)33-15-23(31)24-17-9-16-10-18(24)14-28(12-16,13-17)26(36)34-20-5-7-32-8-6-20/h3-8,11,16-18,23-24H,9-10,12-15,31H2,1-2H3,(H,33,35)(H,32,34,36). The second kappa shape index (κ2) is 9.21. The average molecular weight is 497 g/mol. The minimum Gasteiger partial charge on any atom is -0.354 e. The van der Waals surface area contributed by atoms with E-state index in [1.54, 1.807) is 26.2 Å². The predicted molar refractivity (Wildman–Crippen MR) is 133 cm³/mol. The van der Waals surface area contributed by atoms with Crippen LogP contribution >= 0.6 is 0 Å². The highest BCUT2D eigenvalue weighted by molar-refractivity contribution is 5.95. The molecule has 2 aromatic rings. The number of hydrogen-bond acceptors (Lipinski definition) is 4. The van der Waals surface area contributed by atoms with E-state index < -0.39 is 17.0 Å². The van der Waals surface area contributed by atoms with Crippen molar-refractivity contribution in [1.29, 1.82) is 0 Å². The van der Waals surface area contributed by atoms with Crippen molar-refractivity contribution in [2.45, 2.75) is 57.4 Å². The normalized spacial score (nSPS) is 29.6. The lowest BCUT2D eigenvalue weighted by Crippen LogP contribution is -2.60. The van der Waals surface area contributed by atoms with Gasteiger partial charge in [0.2, 0.25) is 11.8 Å². The number of hydrogen-bond donors (Lipinski definition) is 3. The van der Waals surface area contributed by atoms with Crippen LogP contribution in [-0.4, -0.2) is 29.4 Å². The topological polar surface area (TPSA) is 97.1 Å². The molecule has 4 fully saturated rings. The predicted octanol–water partition coefficient (Wildman–Crippen LogP) is 4.16. The molecule has 0 aliphatic heterocycles. The number of anilines is 1. The molecule has 6 rings (SSSR count). The molecule has 1 aromatic heterocycles. The molecule has 4 bridgehead atoms. The van der Waals surface area contributed by atoms with Crippen LogP contribution in [0.15, 0.2) is 42.7 Å². The Kier molecular flexibility index (Phi) is 6.35. The van der Waals surface area contributed by atoms with Crippen molar-refractivity contribution in [3.05, 3.63) is 59.9 Å². The largest absolute Gasteiger partial charge is 0.354 e. The zero-order valence-corrected chi connectivity index (χ0v) is 20.8. The van der Waals surface area contributed by atoms with Crippen molar-refractivity contribution < 1.29 is 18.4 Å². The van der Waals surface area contributed by atoms with Gasteiger partial charge in [-0.25, -0.2) is 8.78 Å². The summed E-state index contributed by atoms with van der Waals surface area (Å²) in [5.41, 5.74) is 6.47. The fraction of sp³-hybridized carbons (Fsp3) is 0.536. The number of benzene rings is 1. The second-order valence-corrected chi connectivity index (χ2v) is 11.6. The number of rotatable bonds is 7. The first-order valence-electron chi connectivity index (χ1n) is 12.8. The lowest BCUT2D eigenvalue weighted by molar-refractivity contribution is -0.149. The second-order valence-electron chi connectivity index (χ2n) is 11.6. The van der Waals surface area contributed by atoms with Crippen LogP contribution in [0.4, 0.5) is 14.5 Å². The van der Waals surface area contributed by atoms with Crippen molar-refractivity contribution in [2.24, 2.45) is 34.8 Å². The maximum Gasteiger partial charge on any atom is 0.230 e. The van der Waals surface area contributed by atoms with Crippen molar-refractivity contribution >= 4 is 17.5 Å². The number of halogens is 2. The zero-order valence-electron chi connectivity index (χ0n) is 20.8. The number of nitrogens with zero attached hydrogens (tertiary/aromatic N) is 1. The number of nitrogens with two attached hydrogens (primary N) is 1. The molecule has 192 valence electrons. The van der Waals surface area contributed by atoms with Crippen LogP contribution in [0.3, 0.4) is 0 Å². The molecule has 1 heterocycles. The first-order chi connectivity index (χ1) is 17.1. The Hall–Kier alpha value is -2.87. The van der Waals surface area contributed by atoms with E-state index in [1.165, 1.54) is 6.07 Å². The van der Waals surface area contributed by atoms with Gasteiger partial charge >= 0.3 is 0 Å². The number of carbonyl (C=O) groups is 2. The van der Waals surface area contributed by atoms with E-state index in [2.05, 4.69) is 15.6 Å². The highest BCUT2D eigenvalue weighted by Crippen LogP contribution is 2.63. The van der Waals surface area contributed by atoms with E-state index in [-0.39, 0.29) is 29.2 Å². The summed E-state index contributed by atoms with van der Waals surface area (Å²) in [5, 5.41) is 6.07. The summed E-state index contributed by atoms with van der Waals surface area (Å²) in [4.78, 5) is 30.4. The molecule has 1 aromatic carbocycles. The quantitative estimate of drug-likeness (QED) is 0.536. The van der Waals surface area contributed by atoms with Crippen LogP contribution in [0.2, 0.25) is 0 Å². The SMILES string of the molecule is CC(C)(C(=O)NCC(N)C1C2CC3CC1CC(C(=O)Nc1ccncc1)(C3)C2)c1ccc(F)c(F)c1. The molecule has 4 aliphatic carbocycles. The van der Waals surface area contributed by atoms with Crippen molar-refractivity contribution in [3.8, 4) is 0 Å². The van der Waals surface area contributed by atoms with Crippen LogP contribution in [0.1, 0.15) is 51.5 Å². The van der Waals surface area contributed by atoms with Crippen molar-refractivity contribution in [2.75, 3.05) is 11.9 Å². The fourth-order valence-electron chi connectivity index (χ4n) is 7.32. The zero-order chi connectivity index (χ0) is 25.7. The maximum absolute atomic E-state index is 13.7. The lowest BCUT2D eigenvalue weighted by Gasteiger charge is -2.60. The van der Waals surface area contributed by atoms with Gasteiger partial charge < -0.3 is 16.4 Å². The Labute approximate surface area is 210 Å². The monoisotopic (exact) mass is 496 g/mol. The van der Waals surface area contributed by atoms with Crippen molar-refractivity contribution in [1.82, 2.24) is 10.3 Å². The van der Waals surface area contributed by atoms with Gasteiger partial charge in [0.05, 0.1) is 10.8 Å². The number of amides is 2. The Balaban J connectivity index is 1.23. The highest BCUT2D eigenvalue weighted by Gasteiger charge is 2.59. The molecule has 3 atom stereocenters. The van der Waals surface area contributed by atoms with E-state index in [9.17, 15) is 18.4 Å². The smallest absolute Gasteiger partial charge is 0.230 e. The van der Waals surface area contributed by atoms with Gasteiger partial charge in [0.1, 0.15) is 0 Å². The van der Waals surface area contributed by atoms with Crippen LogP contribution in [0, 0.1) is 40.7 Å². The molecule has 36 heavy (non-hydrogen) atoms. The highest BCUT2D eigenvalue weighted by atomic mass is 19.2. The summed E-state index contributed by atoms with van der Waals surface area (Å²) < 4.78 is 27.1. The number of carbonyl (C=O) groups excluding carboxylic acids is 2. The number of nitrogens with one attached hydrogen (secondary N) is 2. The molecule has 0 spiro atoms. The van der Waals surface area contributed by atoms with Gasteiger partial charge in [-0.05, 0) is 99.5 Å². The maximum atomic E-state index is 13.7. The molecular formula is C28H34F2N4O2. The molecule has 4 aliphatic rings. The fourth-order valence-corrected chi connectivity index (χ4v) is 7.32. The minimum absolute atomic E-state index is 0.0988. The molecule has 2 amide bonds. The first kappa shape index (κ1) is 24.8. The third kappa shape index (κ3) is 4.40. The van der Waals surface area contributed by atoms with Gasteiger partial charge in [-0.3, -0.25) is 14.6 Å². The molecular weight excluding hydrogens is 462 g/mol. The Morgan fingerprint density at radius 3 is 2.39 bits per heavy atom. The van der Waals surface area contributed by atoms with E-state index in [0.29, 0.717) is 29.9 Å². The van der Waals surface area contributed by atoms with E-state index in [4.69, 9.17) is 5.73 Å².